The quantitative estimate of drug-likeness (QED) is 0.899. The molecule has 0 radical (unpaired) electrons. The van der Waals surface area contributed by atoms with Gasteiger partial charge in [-0.05, 0) is 44.0 Å². The summed E-state index contributed by atoms with van der Waals surface area (Å²) in [6.45, 7) is 6.11. The summed E-state index contributed by atoms with van der Waals surface area (Å²) in [6.07, 6.45) is 0. The van der Waals surface area contributed by atoms with Crippen molar-refractivity contribution in [1.29, 1.82) is 0 Å². The number of methoxy groups -OCH3 is 1. The molecule has 1 aliphatic heterocycles. The Morgan fingerprint density at radius 1 is 1.10 bits per heavy atom. The van der Waals surface area contributed by atoms with E-state index >= 15 is 0 Å². The summed E-state index contributed by atoms with van der Waals surface area (Å²) in [6, 6.07) is 11.9. The van der Waals surface area contributed by atoms with Crippen molar-refractivity contribution in [1.82, 2.24) is 0 Å². The van der Waals surface area contributed by atoms with Crippen LogP contribution in [-0.4, -0.2) is 17.9 Å². The van der Waals surface area contributed by atoms with Crippen LogP contribution in [-0.2, 0) is 5.41 Å². The number of phenols is 1. The molecule has 0 spiro atoms. The van der Waals surface area contributed by atoms with Crippen molar-refractivity contribution >= 4 is 11.4 Å². The van der Waals surface area contributed by atoms with Gasteiger partial charge in [0.05, 0.1) is 18.2 Å². The van der Waals surface area contributed by atoms with Crippen molar-refractivity contribution in [2.75, 3.05) is 7.11 Å². The highest BCUT2D eigenvalue weighted by Gasteiger charge is 2.40. The first-order chi connectivity index (χ1) is 9.98. The van der Waals surface area contributed by atoms with Gasteiger partial charge in [0.25, 0.3) is 0 Å². The molecule has 0 aromatic heterocycles. The van der Waals surface area contributed by atoms with Crippen LogP contribution < -0.4 is 4.74 Å². The normalized spacial score (nSPS) is 20.1. The standard InChI is InChI=1S/C18H19NO2/c1-11-9-14(17(20)16(10-11)21-4)18(3)12(2)19-15-8-6-5-7-13(15)18/h5-10,20H,1-4H3. The number of aryl methyl sites for hydroxylation is 1. The number of phenolic OH excluding ortho intramolecular Hbond substituents is 1. The molecule has 1 aliphatic rings. The Morgan fingerprint density at radius 3 is 2.52 bits per heavy atom. The van der Waals surface area contributed by atoms with Gasteiger partial charge in [0.2, 0.25) is 0 Å². The Bertz CT molecular complexity index is 749. The molecule has 0 amide bonds. The number of ether oxygens (including phenoxy) is 1. The van der Waals surface area contributed by atoms with E-state index in [0.717, 1.165) is 28.1 Å². The molecule has 3 heteroatoms. The summed E-state index contributed by atoms with van der Waals surface area (Å²) in [4.78, 5) is 4.67. The summed E-state index contributed by atoms with van der Waals surface area (Å²) >= 11 is 0. The molecule has 1 unspecified atom stereocenters. The van der Waals surface area contributed by atoms with E-state index in [1.54, 1.807) is 7.11 Å². The number of aliphatic imine (C=N–C) groups is 1. The zero-order valence-corrected chi connectivity index (χ0v) is 12.8. The van der Waals surface area contributed by atoms with E-state index in [-0.39, 0.29) is 5.75 Å². The lowest BCUT2D eigenvalue weighted by molar-refractivity contribution is 0.368. The Morgan fingerprint density at radius 2 is 1.81 bits per heavy atom. The summed E-state index contributed by atoms with van der Waals surface area (Å²) in [5, 5.41) is 10.6. The number of hydrogen-bond acceptors (Lipinski definition) is 3. The lowest BCUT2D eigenvalue weighted by Gasteiger charge is -2.28. The molecule has 1 atom stereocenters. The SMILES string of the molecule is COc1cc(C)cc(C2(C)C(C)=Nc3ccccc32)c1O. The molecule has 1 N–H and O–H groups in total. The number of fused-ring (bicyclic) bond motifs is 1. The van der Waals surface area contributed by atoms with Gasteiger partial charge in [0, 0.05) is 11.3 Å². The second kappa shape index (κ2) is 4.62. The molecule has 0 saturated heterocycles. The van der Waals surface area contributed by atoms with Gasteiger partial charge in [0.1, 0.15) is 0 Å². The summed E-state index contributed by atoms with van der Waals surface area (Å²) in [5.41, 5.74) is 4.53. The Hall–Kier alpha value is -2.29. The van der Waals surface area contributed by atoms with Crippen LogP contribution in [0.5, 0.6) is 11.5 Å². The molecular formula is C18H19NO2. The van der Waals surface area contributed by atoms with E-state index in [1.165, 1.54) is 0 Å². The highest BCUT2D eigenvalue weighted by atomic mass is 16.5. The first-order valence-corrected chi connectivity index (χ1v) is 7.02. The average molecular weight is 281 g/mol. The third-order valence-corrected chi connectivity index (χ3v) is 4.43. The van der Waals surface area contributed by atoms with Crippen LogP contribution in [0.2, 0.25) is 0 Å². The maximum absolute atomic E-state index is 10.6. The van der Waals surface area contributed by atoms with Gasteiger partial charge < -0.3 is 9.84 Å². The average Bonchev–Trinajstić information content (AvgIpc) is 2.74. The first-order valence-electron chi connectivity index (χ1n) is 7.02. The van der Waals surface area contributed by atoms with Crippen LogP contribution in [0.3, 0.4) is 0 Å². The molecular weight excluding hydrogens is 262 g/mol. The zero-order valence-electron chi connectivity index (χ0n) is 12.8. The van der Waals surface area contributed by atoms with Crippen molar-refractivity contribution in [3.8, 4) is 11.5 Å². The molecule has 1 heterocycles. The molecule has 0 saturated carbocycles. The van der Waals surface area contributed by atoms with Crippen LogP contribution in [0.25, 0.3) is 0 Å². The third kappa shape index (κ3) is 1.84. The van der Waals surface area contributed by atoms with Crippen LogP contribution >= 0.6 is 0 Å². The maximum Gasteiger partial charge on any atom is 0.162 e. The van der Waals surface area contributed by atoms with Gasteiger partial charge in [-0.2, -0.15) is 0 Å². The second-order valence-electron chi connectivity index (χ2n) is 5.70. The van der Waals surface area contributed by atoms with E-state index in [4.69, 9.17) is 4.74 Å². The van der Waals surface area contributed by atoms with Gasteiger partial charge in [0.15, 0.2) is 11.5 Å². The fraction of sp³-hybridized carbons (Fsp3) is 0.278. The van der Waals surface area contributed by atoms with Crippen molar-refractivity contribution in [2.45, 2.75) is 26.2 Å². The zero-order chi connectivity index (χ0) is 15.2. The maximum atomic E-state index is 10.6. The monoisotopic (exact) mass is 281 g/mol. The number of hydrogen-bond donors (Lipinski definition) is 1. The number of rotatable bonds is 2. The molecule has 3 nitrogen and oxygen atoms in total. The molecule has 2 aromatic rings. The van der Waals surface area contributed by atoms with Gasteiger partial charge in [-0.3, -0.25) is 4.99 Å². The Kier molecular flexibility index (Phi) is 3.01. The molecule has 0 aliphatic carbocycles. The molecule has 0 fully saturated rings. The first kappa shape index (κ1) is 13.7. The van der Waals surface area contributed by atoms with Crippen LogP contribution in [0.1, 0.15) is 30.5 Å². The lowest BCUT2D eigenvalue weighted by atomic mass is 9.73. The van der Waals surface area contributed by atoms with Crippen molar-refractivity contribution < 1.29 is 9.84 Å². The van der Waals surface area contributed by atoms with Gasteiger partial charge in [-0.25, -0.2) is 0 Å². The number of aromatic hydroxyl groups is 1. The van der Waals surface area contributed by atoms with Gasteiger partial charge >= 0.3 is 0 Å². The van der Waals surface area contributed by atoms with Gasteiger partial charge in [-0.15, -0.1) is 0 Å². The summed E-state index contributed by atoms with van der Waals surface area (Å²) in [7, 11) is 1.57. The summed E-state index contributed by atoms with van der Waals surface area (Å²) in [5.74, 6) is 0.695. The van der Waals surface area contributed by atoms with Crippen LogP contribution in [0.4, 0.5) is 5.69 Å². The molecule has 108 valence electrons. The minimum atomic E-state index is -0.431. The highest BCUT2D eigenvalue weighted by Crippen LogP contribution is 2.49. The van der Waals surface area contributed by atoms with E-state index in [2.05, 4.69) is 18.0 Å². The number of benzene rings is 2. The van der Waals surface area contributed by atoms with Crippen molar-refractivity contribution in [3.05, 3.63) is 53.1 Å². The topological polar surface area (TPSA) is 41.8 Å². The number of para-hydroxylation sites is 1. The highest BCUT2D eigenvalue weighted by molar-refractivity contribution is 6.03. The van der Waals surface area contributed by atoms with E-state index in [0.29, 0.717) is 5.75 Å². The molecule has 0 bridgehead atoms. The van der Waals surface area contributed by atoms with Crippen molar-refractivity contribution in [2.24, 2.45) is 4.99 Å². The lowest BCUT2D eigenvalue weighted by Crippen LogP contribution is -2.29. The van der Waals surface area contributed by atoms with Crippen molar-refractivity contribution in [3.63, 3.8) is 0 Å². The molecule has 3 rings (SSSR count). The van der Waals surface area contributed by atoms with E-state index in [1.807, 2.05) is 44.2 Å². The van der Waals surface area contributed by atoms with Crippen LogP contribution in [0, 0.1) is 6.92 Å². The minimum Gasteiger partial charge on any atom is -0.504 e. The largest absolute Gasteiger partial charge is 0.504 e. The predicted octanol–water partition coefficient (Wildman–Crippen LogP) is 4.12. The van der Waals surface area contributed by atoms with Crippen LogP contribution in [0.15, 0.2) is 41.4 Å². The predicted molar refractivity (Wildman–Crippen MR) is 85.1 cm³/mol. The molecule has 2 aromatic carbocycles. The Labute approximate surface area is 124 Å². The number of nitrogens with zero attached hydrogens (tertiary/aromatic N) is 1. The second-order valence-corrected chi connectivity index (χ2v) is 5.70. The van der Waals surface area contributed by atoms with E-state index in [9.17, 15) is 5.11 Å². The third-order valence-electron chi connectivity index (χ3n) is 4.43. The fourth-order valence-corrected chi connectivity index (χ4v) is 3.10. The Balaban J connectivity index is 2.30. The minimum absolute atomic E-state index is 0.192. The summed E-state index contributed by atoms with van der Waals surface area (Å²) < 4.78 is 5.30. The smallest absolute Gasteiger partial charge is 0.162 e. The van der Waals surface area contributed by atoms with Gasteiger partial charge in [-0.1, -0.05) is 24.3 Å². The fourth-order valence-electron chi connectivity index (χ4n) is 3.10. The van der Waals surface area contributed by atoms with E-state index < -0.39 is 5.41 Å². The molecule has 21 heavy (non-hydrogen) atoms.